The van der Waals surface area contributed by atoms with Gasteiger partial charge in [0.1, 0.15) is 0 Å². The molecule has 0 heterocycles. The Morgan fingerprint density at radius 2 is 1.00 bits per heavy atom. The van der Waals surface area contributed by atoms with E-state index in [2.05, 4.69) is 33.2 Å². The largest absolute Gasteiger partial charge is 1.00 e. The molecule has 3 heteroatoms. The minimum absolute atomic E-state index is 0. The second-order valence-corrected chi connectivity index (χ2v) is 8.75. The summed E-state index contributed by atoms with van der Waals surface area (Å²) in [5.74, 6) is 0. The molecule has 2 nitrogen and oxygen atoms in total. The molecule has 0 aliphatic carbocycles. The fourth-order valence-electron chi connectivity index (χ4n) is 3.57. The van der Waals surface area contributed by atoms with E-state index in [0.29, 0.717) is 6.61 Å². The van der Waals surface area contributed by atoms with Crippen LogP contribution in [0.5, 0.6) is 0 Å². The summed E-state index contributed by atoms with van der Waals surface area (Å²) in [5, 5.41) is 8.94. The maximum Gasteiger partial charge on any atom is 0.0804 e. The van der Waals surface area contributed by atoms with E-state index in [9.17, 15) is 0 Å². The molecule has 0 amide bonds. The predicted molar refractivity (Wildman–Crippen MR) is 118 cm³/mol. The standard InChI is InChI=1S/C24H50NO.ClH/c1-4-5-6-7-8-9-10-11-12-13-14-15-16-17-18-19-20-22-25(2,3)23-21-24-26;/h11-12,26H,4-10,13-24H2,1-3H3;1H/q+1;/p-1/b12-11-;. The number of rotatable bonds is 20. The number of hydrogen-bond acceptors (Lipinski definition) is 1. The molecule has 0 saturated carbocycles. The zero-order valence-electron chi connectivity index (χ0n) is 18.9. The highest BCUT2D eigenvalue weighted by atomic mass is 35.5. The SMILES string of the molecule is CCCCCCCC/C=C\CCCCCCCCC[N+](C)(C)CCCO.[Cl-]. The maximum absolute atomic E-state index is 8.94. The lowest BCUT2D eigenvalue weighted by Crippen LogP contribution is -3.00. The Morgan fingerprint density at radius 1 is 0.593 bits per heavy atom. The molecule has 0 atom stereocenters. The molecular formula is C24H50ClNO. The molecule has 0 unspecified atom stereocenters. The highest BCUT2D eigenvalue weighted by Gasteiger charge is 2.12. The third kappa shape index (κ3) is 23.9. The van der Waals surface area contributed by atoms with E-state index in [0.717, 1.165) is 17.4 Å². The van der Waals surface area contributed by atoms with Crippen molar-refractivity contribution in [2.45, 2.75) is 110 Å². The predicted octanol–water partition coefficient (Wildman–Crippen LogP) is 3.88. The summed E-state index contributed by atoms with van der Waals surface area (Å²) in [6.07, 6.45) is 26.5. The molecule has 0 fully saturated rings. The van der Waals surface area contributed by atoms with Gasteiger partial charge >= 0.3 is 0 Å². The zero-order valence-corrected chi connectivity index (χ0v) is 19.6. The van der Waals surface area contributed by atoms with E-state index < -0.39 is 0 Å². The van der Waals surface area contributed by atoms with E-state index in [1.165, 1.54) is 103 Å². The molecule has 0 radical (unpaired) electrons. The summed E-state index contributed by atoms with van der Waals surface area (Å²) >= 11 is 0. The Bertz CT molecular complexity index is 305. The van der Waals surface area contributed by atoms with Gasteiger partial charge in [-0.2, -0.15) is 0 Å². The van der Waals surface area contributed by atoms with Gasteiger partial charge in [0.2, 0.25) is 0 Å². The molecule has 27 heavy (non-hydrogen) atoms. The van der Waals surface area contributed by atoms with Crippen molar-refractivity contribution >= 4 is 0 Å². The van der Waals surface area contributed by atoms with Crippen molar-refractivity contribution in [3.8, 4) is 0 Å². The van der Waals surface area contributed by atoms with Crippen LogP contribution < -0.4 is 12.4 Å². The van der Waals surface area contributed by atoms with Crippen molar-refractivity contribution in [1.29, 1.82) is 0 Å². The van der Waals surface area contributed by atoms with Gasteiger partial charge in [-0.1, -0.05) is 76.9 Å². The van der Waals surface area contributed by atoms with Crippen LogP contribution in [0.2, 0.25) is 0 Å². The van der Waals surface area contributed by atoms with Crippen LogP contribution in [0.15, 0.2) is 12.2 Å². The number of unbranched alkanes of at least 4 members (excludes halogenated alkanes) is 13. The average Bonchev–Trinajstić information content (AvgIpc) is 2.62. The Labute approximate surface area is 177 Å². The van der Waals surface area contributed by atoms with Gasteiger partial charge in [0.15, 0.2) is 0 Å². The van der Waals surface area contributed by atoms with Gasteiger partial charge in [-0.15, -0.1) is 0 Å². The highest BCUT2D eigenvalue weighted by Crippen LogP contribution is 2.11. The van der Waals surface area contributed by atoms with E-state index in [1.54, 1.807) is 0 Å². The van der Waals surface area contributed by atoms with Crippen LogP contribution in [0.25, 0.3) is 0 Å². The number of hydrogen-bond donors (Lipinski definition) is 1. The van der Waals surface area contributed by atoms with Crippen LogP contribution in [-0.2, 0) is 0 Å². The van der Waals surface area contributed by atoms with E-state index in [1.807, 2.05) is 0 Å². The van der Waals surface area contributed by atoms with Crippen LogP contribution in [-0.4, -0.2) is 43.4 Å². The fourth-order valence-corrected chi connectivity index (χ4v) is 3.57. The van der Waals surface area contributed by atoms with Crippen molar-refractivity contribution in [3.05, 3.63) is 12.2 Å². The average molecular weight is 404 g/mol. The molecule has 0 aromatic heterocycles. The number of aliphatic hydroxyl groups is 1. The minimum Gasteiger partial charge on any atom is -1.00 e. The second-order valence-electron chi connectivity index (χ2n) is 8.75. The molecule has 0 bridgehead atoms. The first-order chi connectivity index (χ1) is 12.6. The van der Waals surface area contributed by atoms with Crippen LogP contribution in [0.1, 0.15) is 110 Å². The first-order valence-electron chi connectivity index (χ1n) is 11.7. The van der Waals surface area contributed by atoms with Gasteiger partial charge in [-0.05, 0) is 38.5 Å². The van der Waals surface area contributed by atoms with Gasteiger partial charge < -0.3 is 22.0 Å². The summed E-state index contributed by atoms with van der Waals surface area (Å²) in [5.41, 5.74) is 0. The van der Waals surface area contributed by atoms with Gasteiger partial charge in [0.25, 0.3) is 0 Å². The maximum atomic E-state index is 8.94. The normalized spacial score (nSPS) is 11.9. The van der Waals surface area contributed by atoms with Gasteiger partial charge in [-0.3, -0.25) is 0 Å². The lowest BCUT2D eigenvalue weighted by Gasteiger charge is -2.29. The minimum atomic E-state index is 0. The molecule has 0 saturated heterocycles. The molecule has 164 valence electrons. The van der Waals surface area contributed by atoms with Crippen molar-refractivity contribution in [2.75, 3.05) is 33.8 Å². The van der Waals surface area contributed by atoms with Crippen molar-refractivity contribution in [3.63, 3.8) is 0 Å². The lowest BCUT2D eigenvalue weighted by atomic mass is 10.1. The Kier molecular flexibility index (Phi) is 24.0. The van der Waals surface area contributed by atoms with E-state index >= 15 is 0 Å². The number of allylic oxidation sites excluding steroid dienone is 2. The summed E-state index contributed by atoms with van der Waals surface area (Å²) in [4.78, 5) is 0. The second kappa shape index (κ2) is 22.2. The molecule has 0 aromatic rings. The van der Waals surface area contributed by atoms with Gasteiger partial charge in [0.05, 0.1) is 27.2 Å². The monoisotopic (exact) mass is 403 g/mol. The molecule has 0 aliphatic rings. The summed E-state index contributed by atoms with van der Waals surface area (Å²) in [6.45, 7) is 4.97. The van der Waals surface area contributed by atoms with Crippen molar-refractivity contribution < 1.29 is 22.0 Å². The van der Waals surface area contributed by atoms with Crippen molar-refractivity contribution in [1.82, 2.24) is 0 Å². The number of halogens is 1. The van der Waals surface area contributed by atoms with Gasteiger partial charge in [-0.25, -0.2) is 0 Å². The number of nitrogens with zero attached hydrogens (tertiary/aromatic N) is 1. The molecule has 0 rings (SSSR count). The molecular weight excluding hydrogens is 354 g/mol. The van der Waals surface area contributed by atoms with Crippen LogP contribution in [0.3, 0.4) is 0 Å². The fraction of sp³-hybridized carbons (Fsp3) is 0.917. The Morgan fingerprint density at radius 3 is 1.48 bits per heavy atom. The Balaban J connectivity index is 0. The lowest BCUT2D eigenvalue weighted by molar-refractivity contribution is -0.890. The third-order valence-electron chi connectivity index (χ3n) is 5.45. The first-order valence-corrected chi connectivity index (χ1v) is 11.7. The number of quaternary nitrogens is 1. The molecule has 0 aromatic carbocycles. The van der Waals surface area contributed by atoms with Crippen LogP contribution in [0.4, 0.5) is 0 Å². The van der Waals surface area contributed by atoms with E-state index in [4.69, 9.17) is 5.11 Å². The summed E-state index contributed by atoms with van der Waals surface area (Å²) in [6, 6.07) is 0. The Hall–Kier alpha value is -0.0500. The van der Waals surface area contributed by atoms with E-state index in [-0.39, 0.29) is 12.4 Å². The molecule has 1 N–H and O–H groups in total. The third-order valence-corrected chi connectivity index (χ3v) is 5.45. The first kappa shape index (κ1) is 29.2. The summed E-state index contributed by atoms with van der Waals surface area (Å²) < 4.78 is 1.06. The summed E-state index contributed by atoms with van der Waals surface area (Å²) in [7, 11) is 4.57. The van der Waals surface area contributed by atoms with Crippen LogP contribution >= 0.6 is 0 Å². The highest BCUT2D eigenvalue weighted by molar-refractivity contribution is 4.81. The van der Waals surface area contributed by atoms with Gasteiger partial charge in [0, 0.05) is 13.0 Å². The topological polar surface area (TPSA) is 20.2 Å². The molecule has 0 spiro atoms. The quantitative estimate of drug-likeness (QED) is 0.186. The van der Waals surface area contributed by atoms with Crippen molar-refractivity contribution in [2.24, 2.45) is 0 Å². The zero-order chi connectivity index (χ0) is 19.3. The molecule has 0 aliphatic heterocycles. The smallest absolute Gasteiger partial charge is 0.0804 e. The van der Waals surface area contributed by atoms with Crippen LogP contribution in [0, 0.1) is 0 Å². The number of aliphatic hydroxyl groups excluding tert-OH is 1.